The van der Waals surface area contributed by atoms with E-state index in [-0.39, 0.29) is 11.7 Å². The van der Waals surface area contributed by atoms with E-state index in [1.54, 1.807) is 35.2 Å². The highest BCUT2D eigenvalue weighted by Crippen LogP contribution is 2.30. The third kappa shape index (κ3) is 6.20. The first-order chi connectivity index (χ1) is 23.5. The van der Waals surface area contributed by atoms with Crippen LogP contribution in [-0.4, -0.2) is 28.5 Å². The number of azo groups is 1. The van der Waals surface area contributed by atoms with E-state index >= 15 is 0 Å². The first-order valence-corrected chi connectivity index (χ1v) is 15.3. The first-order valence-electron chi connectivity index (χ1n) is 15.3. The molecule has 0 aliphatic carbocycles. The van der Waals surface area contributed by atoms with E-state index in [4.69, 9.17) is 4.99 Å². The number of aromatic nitrogens is 1. The number of fused-ring (bicyclic) bond motifs is 1. The summed E-state index contributed by atoms with van der Waals surface area (Å²) in [6, 6.07) is 41.1. The van der Waals surface area contributed by atoms with Gasteiger partial charge >= 0.3 is 0 Å². The highest BCUT2D eigenvalue weighted by atomic mass is 16.2. The molecule has 48 heavy (non-hydrogen) atoms. The molecule has 6 aromatic rings. The van der Waals surface area contributed by atoms with Gasteiger partial charge in [0, 0.05) is 39.4 Å². The molecule has 0 bridgehead atoms. The van der Waals surface area contributed by atoms with Crippen LogP contribution in [0.1, 0.15) is 32.6 Å². The minimum absolute atomic E-state index is 0.254. The lowest BCUT2D eigenvalue weighted by Crippen LogP contribution is -2.32. The van der Waals surface area contributed by atoms with Crippen LogP contribution in [0.2, 0.25) is 0 Å². The predicted octanol–water partition coefficient (Wildman–Crippen LogP) is 8.19. The van der Waals surface area contributed by atoms with Gasteiger partial charge in [0.1, 0.15) is 11.5 Å². The molecule has 0 spiro atoms. The molecule has 232 valence electrons. The summed E-state index contributed by atoms with van der Waals surface area (Å²) in [5, 5.41) is 14.0. The number of nitrogens with zero attached hydrogens (tertiary/aromatic N) is 5. The van der Waals surface area contributed by atoms with Gasteiger partial charge < -0.3 is 4.98 Å². The molecular weight excluding hydrogens is 598 g/mol. The molecule has 2 N–H and O–H groups in total. The van der Waals surface area contributed by atoms with Crippen molar-refractivity contribution >= 4 is 51.8 Å². The number of hydrogen-bond donors (Lipinski definition) is 2. The maximum Gasteiger partial charge on any atom is 0.282 e. The number of H-pyrrole nitrogens is 1. The van der Waals surface area contributed by atoms with Gasteiger partial charge in [-0.05, 0) is 55.0 Å². The van der Waals surface area contributed by atoms with Gasteiger partial charge in [0.05, 0.1) is 11.4 Å². The number of amidine groups is 2. The van der Waals surface area contributed by atoms with Crippen LogP contribution in [0.15, 0.2) is 166 Å². The smallest absolute Gasteiger partial charge is 0.282 e. The summed E-state index contributed by atoms with van der Waals surface area (Å²) < 4.78 is 0. The van der Waals surface area contributed by atoms with Crippen LogP contribution >= 0.6 is 0 Å². The molecular formula is C39H29N7O2. The molecule has 5 aromatic carbocycles. The number of nitrogens with one attached hydrogen (secondary N) is 2. The van der Waals surface area contributed by atoms with E-state index in [2.05, 4.69) is 25.7 Å². The van der Waals surface area contributed by atoms with Crippen LogP contribution in [0.4, 0.5) is 11.4 Å². The normalized spacial score (nSPS) is 14.2. The van der Waals surface area contributed by atoms with Crippen LogP contribution in [0.25, 0.3) is 17.0 Å². The molecule has 9 nitrogen and oxygen atoms in total. The van der Waals surface area contributed by atoms with Crippen molar-refractivity contribution in [3.05, 3.63) is 173 Å². The largest absolute Gasteiger partial charge is 0.361 e. The molecule has 1 aliphatic rings. The zero-order valence-corrected chi connectivity index (χ0v) is 25.9. The van der Waals surface area contributed by atoms with E-state index < -0.39 is 5.91 Å². The Morgan fingerprint density at radius 3 is 2.25 bits per heavy atom. The second-order valence-electron chi connectivity index (χ2n) is 11.0. The maximum atomic E-state index is 13.9. The van der Waals surface area contributed by atoms with Crippen LogP contribution in [0.5, 0.6) is 0 Å². The van der Waals surface area contributed by atoms with Crippen LogP contribution in [-0.2, 0) is 4.79 Å². The Kier molecular flexibility index (Phi) is 8.31. The summed E-state index contributed by atoms with van der Waals surface area (Å²) in [6.07, 6.45) is 3.67. The molecule has 1 aliphatic heterocycles. The number of rotatable bonds is 7. The highest BCUT2D eigenvalue weighted by molar-refractivity contribution is 6.33. The van der Waals surface area contributed by atoms with Gasteiger partial charge in [-0.3, -0.25) is 14.5 Å². The van der Waals surface area contributed by atoms with Gasteiger partial charge in [-0.1, -0.05) is 97.1 Å². The molecule has 0 saturated heterocycles. The fourth-order valence-electron chi connectivity index (χ4n) is 5.34. The number of hydrazone groups is 1. The average molecular weight is 628 g/mol. The number of aryl methyl sites for hydroxylation is 1. The van der Waals surface area contributed by atoms with E-state index in [9.17, 15) is 9.59 Å². The van der Waals surface area contributed by atoms with E-state index in [0.717, 1.165) is 27.6 Å². The number of carbonyl (C=O) groups is 2. The minimum atomic E-state index is -0.439. The van der Waals surface area contributed by atoms with Gasteiger partial charge in [0.15, 0.2) is 0 Å². The highest BCUT2D eigenvalue weighted by Gasteiger charge is 2.32. The van der Waals surface area contributed by atoms with Crippen LogP contribution < -0.4 is 10.3 Å². The van der Waals surface area contributed by atoms with E-state index in [1.165, 1.54) is 0 Å². The lowest BCUT2D eigenvalue weighted by Gasteiger charge is -2.18. The molecule has 2 heterocycles. The van der Waals surface area contributed by atoms with Gasteiger partial charge in [-0.2, -0.15) is 0 Å². The Labute approximate surface area is 276 Å². The van der Waals surface area contributed by atoms with Crippen molar-refractivity contribution in [2.75, 3.05) is 4.90 Å². The minimum Gasteiger partial charge on any atom is -0.361 e. The van der Waals surface area contributed by atoms with Crippen molar-refractivity contribution in [3.8, 4) is 0 Å². The SMILES string of the molecule is Cc1ccccc1N=N/C(=N\NC(=O)c1ccc(N2C(=O)/C(=C\c3c[nH]c4ccccc34)N=C2c2ccccc2)cc1)c1ccccc1. The molecule has 2 amide bonds. The van der Waals surface area contributed by atoms with E-state index in [1.807, 2.05) is 122 Å². The maximum absolute atomic E-state index is 13.9. The summed E-state index contributed by atoms with van der Waals surface area (Å²) in [4.78, 5) is 36.7. The standard InChI is InChI=1S/C39H29N7O2/c1-26-12-8-10-18-33(26)42-43-36(27-13-4-2-5-14-27)44-45-38(47)29-20-22-31(23-21-29)46-37(28-15-6-3-7-16-28)41-35(39(46)48)24-30-25-40-34-19-11-9-17-32(30)34/h2-25,40H,1H3,(H,45,47)/b35-24+,43-42?,44-36-. The Morgan fingerprint density at radius 1 is 0.792 bits per heavy atom. The fourth-order valence-corrected chi connectivity index (χ4v) is 5.34. The molecule has 0 unspecified atom stereocenters. The summed E-state index contributed by atoms with van der Waals surface area (Å²) in [5.41, 5.74) is 8.84. The van der Waals surface area contributed by atoms with E-state index in [0.29, 0.717) is 34.0 Å². The van der Waals surface area contributed by atoms with Crippen molar-refractivity contribution in [2.45, 2.75) is 6.92 Å². The van der Waals surface area contributed by atoms with Gasteiger partial charge in [-0.25, -0.2) is 10.4 Å². The third-order valence-electron chi connectivity index (χ3n) is 7.86. The second kappa shape index (κ2) is 13.3. The summed E-state index contributed by atoms with van der Waals surface area (Å²) in [5.74, 6) is 0.0443. The Morgan fingerprint density at radius 2 is 1.48 bits per heavy atom. The molecule has 1 aromatic heterocycles. The number of aromatic amines is 1. The average Bonchev–Trinajstić information content (AvgIpc) is 3.70. The number of aliphatic imine (C=N–C) groups is 1. The first kappa shape index (κ1) is 29.9. The van der Waals surface area contributed by atoms with Crippen molar-refractivity contribution in [1.29, 1.82) is 0 Å². The third-order valence-corrected chi connectivity index (χ3v) is 7.86. The fraction of sp³-hybridized carbons (Fsp3) is 0.0256. The Hall–Kier alpha value is -6.74. The van der Waals surface area contributed by atoms with Crippen LogP contribution in [0, 0.1) is 6.92 Å². The molecule has 0 radical (unpaired) electrons. The Bertz CT molecular complexity index is 2250. The van der Waals surface area contributed by atoms with Crippen molar-refractivity contribution in [1.82, 2.24) is 10.4 Å². The van der Waals surface area contributed by atoms with Crippen molar-refractivity contribution < 1.29 is 9.59 Å². The lowest BCUT2D eigenvalue weighted by atomic mass is 10.1. The zero-order valence-electron chi connectivity index (χ0n) is 25.9. The molecule has 9 heteroatoms. The van der Waals surface area contributed by atoms with Crippen molar-refractivity contribution in [2.24, 2.45) is 20.3 Å². The molecule has 0 atom stereocenters. The monoisotopic (exact) mass is 627 g/mol. The zero-order chi connectivity index (χ0) is 32.9. The van der Waals surface area contributed by atoms with Crippen molar-refractivity contribution in [3.63, 3.8) is 0 Å². The Balaban J connectivity index is 1.15. The summed E-state index contributed by atoms with van der Waals surface area (Å²) in [6.45, 7) is 1.95. The number of amides is 2. The quantitative estimate of drug-likeness (QED) is 0.0611. The molecule has 0 saturated carbocycles. The summed E-state index contributed by atoms with van der Waals surface area (Å²) >= 11 is 0. The number of anilines is 1. The molecule has 0 fully saturated rings. The number of hydrogen-bond acceptors (Lipinski definition) is 5. The lowest BCUT2D eigenvalue weighted by molar-refractivity contribution is -0.113. The summed E-state index contributed by atoms with van der Waals surface area (Å²) in [7, 11) is 0. The predicted molar refractivity (Wildman–Crippen MR) is 189 cm³/mol. The number of carbonyl (C=O) groups excluding carboxylic acids is 2. The van der Waals surface area contributed by atoms with Gasteiger partial charge in [0.2, 0.25) is 5.84 Å². The van der Waals surface area contributed by atoms with Crippen LogP contribution in [0.3, 0.4) is 0 Å². The molecule has 7 rings (SSSR count). The number of benzene rings is 5. The van der Waals surface area contributed by atoms with Gasteiger partial charge in [0.25, 0.3) is 11.8 Å². The number of para-hydroxylation sites is 1. The second-order valence-corrected chi connectivity index (χ2v) is 11.0. The van der Waals surface area contributed by atoms with Gasteiger partial charge in [-0.15, -0.1) is 15.3 Å². The topological polar surface area (TPSA) is 115 Å².